The molecular weight excluding hydrogens is 531 g/mol. The van der Waals surface area contributed by atoms with E-state index in [1.165, 1.54) is 12.1 Å². The maximum Gasteiger partial charge on any atom is 0.391 e. The maximum absolute atomic E-state index is 13.1. The van der Waals surface area contributed by atoms with Gasteiger partial charge in [-0.05, 0) is 67.5 Å². The molecule has 0 spiro atoms. The molecule has 1 N–H and O–H groups in total. The quantitative estimate of drug-likeness (QED) is 0.348. The van der Waals surface area contributed by atoms with Crippen LogP contribution in [0.5, 0.6) is 6.01 Å². The van der Waals surface area contributed by atoms with E-state index in [0.29, 0.717) is 36.5 Å². The second-order valence-electron chi connectivity index (χ2n) is 10.5. The molecule has 212 valence electrons. The second-order valence-corrected chi connectivity index (χ2v) is 12.7. The van der Waals surface area contributed by atoms with Crippen molar-refractivity contribution in [1.29, 1.82) is 0 Å². The van der Waals surface area contributed by atoms with Gasteiger partial charge in [0.25, 0.3) is 11.9 Å². The molecule has 1 saturated carbocycles. The predicted molar refractivity (Wildman–Crippen MR) is 142 cm³/mol. The lowest BCUT2D eigenvalue weighted by Gasteiger charge is -2.30. The van der Waals surface area contributed by atoms with Crippen molar-refractivity contribution in [2.24, 2.45) is 11.8 Å². The van der Waals surface area contributed by atoms with Gasteiger partial charge in [-0.3, -0.25) is 9.36 Å². The summed E-state index contributed by atoms with van der Waals surface area (Å²) in [6.45, 7) is 6.52. The maximum atomic E-state index is 13.1. The summed E-state index contributed by atoms with van der Waals surface area (Å²) < 4.78 is 71.2. The summed E-state index contributed by atoms with van der Waals surface area (Å²) >= 11 is 0. The Morgan fingerprint density at radius 3 is 2.36 bits per heavy atom. The van der Waals surface area contributed by atoms with Crippen molar-refractivity contribution in [3.8, 4) is 6.01 Å². The summed E-state index contributed by atoms with van der Waals surface area (Å²) in [6.07, 6.45) is -3.80. The molecule has 2 aromatic carbocycles. The Kier molecular flexibility index (Phi) is 8.58. The van der Waals surface area contributed by atoms with E-state index in [2.05, 4.69) is 24.1 Å². The molecule has 1 aliphatic rings. The van der Waals surface area contributed by atoms with Gasteiger partial charge in [0.1, 0.15) is 6.10 Å². The van der Waals surface area contributed by atoms with Crippen molar-refractivity contribution >= 4 is 26.8 Å². The van der Waals surface area contributed by atoms with Crippen LogP contribution in [0.2, 0.25) is 0 Å². The number of alkyl halides is 3. The van der Waals surface area contributed by atoms with Crippen molar-refractivity contribution < 1.29 is 31.1 Å². The SMILES string of the molecule is CCS(=O)(=O)c1ccc(CNC(=O)c2ccc3c(c2)nc(O[C@H]2CC[C@@H](C(F)(F)F)CC2)n3CC(C)C)cc1. The van der Waals surface area contributed by atoms with E-state index in [1.807, 2.05) is 4.57 Å². The third-order valence-electron chi connectivity index (χ3n) is 7.05. The summed E-state index contributed by atoms with van der Waals surface area (Å²) in [4.78, 5) is 17.7. The van der Waals surface area contributed by atoms with Crippen LogP contribution in [-0.2, 0) is 22.9 Å². The van der Waals surface area contributed by atoms with Crippen LogP contribution in [0.4, 0.5) is 13.2 Å². The largest absolute Gasteiger partial charge is 0.461 e. The van der Waals surface area contributed by atoms with Gasteiger partial charge in [0.05, 0.1) is 27.6 Å². The molecule has 0 bridgehead atoms. The van der Waals surface area contributed by atoms with Gasteiger partial charge in [0, 0.05) is 18.7 Å². The van der Waals surface area contributed by atoms with Gasteiger partial charge in [0.15, 0.2) is 9.84 Å². The Labute approximate surface area is 226 Å². The highest BCUT2D eigenvalue weighted by Gasteiger charge is 2.42. The molecule has 0 saturated heterocycles. The second kappa shape index (κ2) is 11.6. The van der Waals surface area contributed by atoms with Gasteiger partial charge >= 0.3 is 6.18 Å². The zero-order chi connectivity index (χ0) is 28.4. The van der Waals surface area contributed by atoms with Gasteiger partial charge in [-0.25, -0.2) is 8.42 Å². The standard InChI is InChI=1S/C28H34F3N3O4S/c1-4-39(36,37)23-12-5-19(6-13-23)16-32-26(35)20-7-14-25-24(15-20)33-27(34(25)17-18(2)3)38-22-10-8-21(9-11-22)28(29,30)31/h5-7,12-15,18,21-22H,4,8-11,16-17H2,1-3H3,(H,32,35)/t21-,22+. The first-order valence-electron chi connectivity index (χ1n) is 13.2. The van der Waals surface area contributed by atoms with E-state index in [9.17, 15) is 26.4 Å². The molecule has 0 atom stereocenters. The van der Waals surface area contributed by atoms with Crippen LogP contribution in [0.3, 0.4) is 0 Å². The number of sulfone groups is 1. The highest BCUT2D eigenvalue weighted by molar-refractivity contribution is 7.91. The van der Waals surface area contributed by atoms with Crippen LogP contribution in [0.1, 0.15) is 62.4 Å². The van der Waals surface area contributed by atoms with E-state index >= 15 is 0 Å². The molecule has 1 fully saturated rings. The number of hydrogen-bond acceptors (Lipinski definition) is 5. The Hall–Kier alpha value is -3.08. The zero-order valence-corrected chi connectivity index (χ0v) is 23.1. The van der Waals surface area contributed by atoms with Gasteiger partial charge in [-0.1, -0.05) is 32.9 Å². The average Bonchev–Trinajstić information content (AvgIpc) is 3.22. The highest BCUT2D eigenvalue weighted by Crippen LogP contribution is 2.38. The molecule has 1 amide bonds. The summed E-state index contributed by atoms with van der Waals surface area (Å²) in [7, 11) is -3.29. The van der Waals surface area contributed by atoms with Crippen molar-refractivity contribution in [2.45, 2.75) is 76.7 Å². The summed E-state index contributed by atoms with van der Waals surface area (Å²) in [5.41, 5.74) is 2.51. The van der Waals surface area contributed by atoms with E-state index in [-0.39, 0.29) is 48.0 Å². The fourth-order valence-corrected chi connectivity index (χ4v) is 5.69. The molecule has 0 aliphatic heterocycles. The number of imidazole rings is 1. The normalized spacial score (nSPS) is 18.4. The fourth-order valence-electron chi connectivity index (χ4n) is 4.80. The van der Waals surface area contributed by atoms with Gasteiger partial charge < -0.3 is 10.1 Å². The van der Waals surface area contributed by atoms with E-state index in [4.69, 9.17) is 4.74 Å². The lowest BCUT2D eigenvalue weighted by atomic mass is 9.87. The number of rotatable bonds is 9. The first kappa shape index (κ1) is 28.9. The zero-order valence-electron chi connectivity index (χ0n) is 22.3. The minimum absolute atomic E-state index is 0.0183. The molecule has 39 heavy (non-hydrogen) atoms. The molecule has 3 aromatic rings. The van der Waals surface area contributed by atoms with Crippen molar-refractivity contribution in [3.05, 3.63) is 53.6 Å². The smallest absolute Gasteiger partial charge is 0.391 e. The Balaban J connectivity index is 1.47. The van der Waals surface area contributed by atoms with Crippen LogP contribution in [0.25, 0.3) is 11.0 Å². The number of carbonyl (C=O) groups excluding carboxylic acids is 1. The van der Waals surface area contributed by atoms with Crippen LogP contribution < -0.4 is 10.1 Å². The lowest BCUT2D eigenvalue weighted by Crippen LogP contribution is -2.32. The topological polar surface area (TPSA) is 90.3 Å². The first-order valence-corrected chi connectivity index (χ1v) is 14.9. The number of amides is 1. The molecule has 4 rings (SSSR count). The predicted octanol–water partition coefficient (Wildman–Crippen LogP) is 5.92. The van der Waals surface area contributed by atoms with Gasteiger partial charge in [-0.2, -0.15) is 18.2 Å². The van der Waals surface area contributed by atoms with Crippen LogP contribution in [-0.4, -0.2) is 41.9 Å². The third-order valence-corrected chi connectivity index (χ3v) is 8.80. The number of aromatic nitrogens is 2. The molecule has 1 aliphatic carbocycles. The monoisotopic (exact) mass is 565 g/mol. The van der Waals surface area contributed by atoms with Crippen LogP contribution in [0, 0.1) is 11.8 Å². The Morgan fingerprint density at radius 2 is 1.77 bits per heavy atom. The van der Waals surface area contributed by atoms with Crippen molar-refractivity contribution in [2.75, 3.05) is 5.75 Å². The third kappa shape index (κ3) is 6.93. The Bertz CT molecular complexity index is 1410. The molecule has 11 heteroatoms. The van der Waals surface area contributed by atoms with Crippen LogP contribution in [0.15, 0.2) is 47.4 Å². The number of nitrogens with one attached hydrogen (secondary N) is 1. The summed E-state index contributed by atoms with van der Waals surface area (Å²) in [5.74, 6) is -1.30. The molecule has 7 nitrogen and oxygen atoms in total. The minimum atomic E-state index is -4.17. The van der Waals surface area contributed by atoms with E-state index in [0.717, 1.165) is 11.1 Å². The number of benzene rings is 2. The Morgan fingerprint density at radius 1 is 1.10 bits per heavy atom. The molecule has 1 heterocycles. The number of carbonyl (C=O) groups is 1. The number of nitrogens with zero attached hydrogens (tertiary/aromatic N) is 2. The van der Waals surface area contributed by atoms with Crippen molar-refractivity contribution in [1.82, 2.24) is 14.9 Å². The molecule has 0 radical (unpaired) electrons. The highest BCUT2D eigenvalue weighted by atomic mass is 32.2. The number of hydrogen-bond donors (Lipinski definition) is 1. The first-order chi connectivity index (χ1) is 18.4. The number of ether oxygens (including phenoxy) is 1. The summed E-state index contributed by atoms with van der Waals surface area (Å²) in [5, 5.41) is 2.84. The van der Waals surface area contributed by atoms with Crippen LogP contribution >= 0.6 is 0 Å². The van der Waals surface area contributed by atoms with E-state index < -0.39 is 21.9 Å². The van der Waals surface area contributed by atoms with E-state index in [1.54, 1.807) is 37.3 Å². The average molecular weight is 566 g/mol. The van der Waals surface area contributed by atoms with Gasteiger partial charge in [0.2, 0.25) is 0 Å². The summed E-state index contributed by atoms with van der Waals surface area (Å²) in [6, 6.07) is 11.9. The molecule has 0 unspecified atom stereocenters. The number of halogens is 3. The fraction of sp³-hybridized carbons (Fsp3) is 0.500. The molecule has 1 aromatic heterocycles. The lowest BCUT2D eigenvalue weighted by molar-refractivity contribution is -0.185. The van der Waals surface area contributed by atoms with Crippen molar-refractivity contribution in [3.63, 3.8) is 0 Å². The van der Waals surface area contributed by atoms with Gasteiger partial charge in [-0.15, -0.1) is 0 Å². The minimum Gasteiger partial charge on any atom is -0.461 e. The molecular formula is C28H34F3N3O4S. The number of fused-ring (bicyclic) bond motifs is 1.